The first-order valence-corrected chi connectivity index (χ1v) is 9.48. The van der Waals surface area contributed by atoms with Crippen LogP contribution < -0.4 is 10.1 Å². The van der Waals surface area contributed by atoms with Crippen LogP contribution in [0, 0.1) is 13.8 Å². The van der Waals surface area contributed by atoms with Gasteiger partial charge in [0.2, 0.25) is 11.1 Å². The Kier molecular flexibility index (Phi) is 6.08. The molecule has 0 atom stereocenters. The van der Waals surface area contributed by atoms with Gasteiger partial charge in [-0.15, -0.1) is 5.10 Å². The summed E-state index contributed by atoms with van der Waals surface area (Å²) in [6, 6.07) is 13.3. The molecule has 0 radical (unpaired) electrons. The number of aromatic nitrogens is 4. The highest BCUT2D eigenvalue weighted by molar-refractivity contribution is 7.99. The van der Waals surface area contributed by atoms with Crippen molar-refractivity contribution in [2.45, 2.75) is 25.4 Å². The number of aryl methyl sites for hydroxylation is 2. The van der Waals surface area contributed by atoms with Gasteiger partial charge in [0.15, 0.2) is 0 Å². The van der Waals surface area contributed by atoms with Gasteiger partial charge >= 0.3 is 0 Å². The van der Waals surface area contributed by atoms with Gasteiger partial charge in [0.05, 0.1) is 12.8 Å². The number of hydrogen-bond donors (Lipinski definition) is 1. The first-order valence-electron chi connectivity index (χ1n) is 8.50. The number of anilines is 1. The van der Waals surface area contributed by atoms with Crippen LogP contribution in [0.25, 0.3) is 5.69 Å². The number of nitrogens with zero attached hydrogens (tertiary/aromatic N) is 4. The number of rotatable bonds is 7. The number of carbonyl (C=O) groups is 1. The molecule has 0 spiro atoms. The Bertz CT molecular complexity index is 904. The third kappa shape index (κ3) is 4.65. The number of benzene rings is 2. The van der Waals surface area contributed by atoms with E-state index in [4.69, 9.17) is 4.74 Å². The Hall–Kier alpha value is -2.87. The highest BCUT2D eigenvalue weighted by Crippen LogP contribution is 2.24. The summed E-state index contributed by atoms with van der Waals surface area (Å²) >= 11 is 1.46. The maximum absolute atomic E-state index is 12.1. The van der Waals surface area contributed by atoms with Crippen LogP contribution in [0.5, 0.6) is 5.75 Å². The van der Waals surface area contributed by atoms with E-state index in [0.29, 0.717) is 17.3 Å². The fourth-order valence-corrected chi connectivity index (χ4v) is 3.50. The van der Waals surface area contributed by atoms with Crippen LogP contribution in [0.2, 0.25) is 0 Å². The van der Waals surface area contributed by atoms with Crippen molar-refractivity contribution in [3.63, 3.8) is 0 Å². The summed E-state index contributed by atoms with van der Waals surface area (Å²) in [5, 5.41) is 15.5. The van der Waals surface area contributed by atoms with Gasteiger partial charge in [-0.1, -0.05) is 30.0 Å². The Labute approximate surface area is 162 Å². The molecule has 0 saturated heterocycles. The Balaban J connectivity index is 1.58. The summed E-state index contributed by atoms with van der Waals surface area (Å²) in [5.74, 6) is 1.27. The molecular weight excluding hydrogens is 362 g/mol. The lowest BCUT2D eigenvalue weighted by Crippen LogP contribution is -2.12. The highest BCUT2D eigenvalue weighted by atomic mass is 32.2. The Morgan fingerprint density at radius 3 is 2.52 bits per heavy atom. The molecule has 0 bridgehead atoms. The molecule has 3 rings (SSSR count). The number of para-hydroxylation sites is 1. The number of amides is 1. The van der Waals surface area contributed by atoms with Crippen LogP contribution in [0.1, 0.15) is 17.5 Å². The predicted octanol–water partition coefficient (Wildman–Crippen LogP) is 3.41. The maximum Gasteiger partial charge on any atom is 0.225 e. The summed E-state index contributed by atoms with van der Waals surface area (Å²) in [5.41, 5.74) is 3.92. The monoisotopic (exact) mass is 383 g/mol. The fraction of sp³-hybridized carbons (Fsp3) is 0.263. The third-order valence-corrected chi connectivity index (χ3v) is 4.95. The van der Waals surface area contributed by atoms with Gasteiger partial charge in [0.25, 0.3) is 0 Å². The fourth-order valence-electron chi connectivity index (χ4n) is 2.68. The summed E-state index contributed by atoms with van der Waals surface area (Å²) < 4.78 is 6.84. The lowest BCUT2D eigenvalue weighted by molar-refractivity contribution is -0.115. The van der Waals surface area contributed by atoms with E-state index < -0.39 is 0 Å². The van der Waals surface area contributed by atoms with E-state index in [9.17, 15) is 4.79 Å². The molecule has 8 heteroatoms. The van der Waals surface area contributed by atoms with Gasteiger partial charge < -0.3 is 10.1 Å². The van der Waals surface area contributed by atoms with Crippen LogP contribution in [-0.2, 0) is 4.79 Å². The number of hydrogen-bond acceptors (Lipinski definition) is 6. The first kappa shape index (κ1) is 18.9. The minimum absolute atomic E-state index is 0.0567. The number of methoxy groups -OCH3 is 1. The quantitative estimate of drug-likeness (QED) is 0.630. The van der Waals surface area contributed by atoms with Crippen molar-refractivity contribution in [1.82, 2.24) is 20.2 Å². The van der Waals surface area contributed by atoms with Crippen LogP contribution in [0.15, 0.2) is 47.6 Å². The second-order valence-corrected chi connectivity index (χ2v) is 7.05. The summed E-state index contributed by atoms with van der Waals surface area (Å²) in [6.07, 6.45) is 0.357. The molecule has 0 aliphatic carbocycles. The third-order valence-electron chi connectivity index (χ3n) is 4.03. The van der Waals surface area contributed by atoms with E-state index in [1.807, 2.05) is 56.3 Å². The number of tetrazole rings is 1. The molecule has 7 nitrogen and oxygen atoms in total. The molecule has 140 valence electrons. The molecule has 1 N–H and O–H groups in total. The molecule has 2 aromatic carbocycles. The number of carbonyl (C=O) groups excluding carboxylic acids is 1. The van der Waals surface area contributed by atoms with Crippen molar-refractivity contribution >= 4 is 23.4 Å². The second-order valence-electron chi connectivity index (χ2n) is 5.99. The van der Waals surface area contributed by atoms with Crippen molar-refractivity contribution in [2.75, 3.05) is 18.2 Å². The number of ether oxygens (including phenoxy) is 1. The predicted molar refractivity (Wildman–Crippen MR) is 106 cm³/mol. The summed E-state index contributed by atoms with van der Waals surface area (Å²) in [4.78, 5) is 12.1. The zero-order valence-corrected chi connectivity index (χ0v) is 16.3. The van der Waals surface area contributed by atoms with Gasteiger partial charge in [0, 0.05) is 17.9 Å². The van der Waals surface area contributed by atoms with E-state index in [1.165, 1.54) is 11.8 Å². The highest BCUT2D eigenvalue weighted by Gasteiger charge is 2.14. The second kappa shape index (κ2) is 8.68. The molecule has 0 saturated carbocycles. The molecule has 1 aromatic heterocycles. The molecule has 27 heavy (non-hydrogen) atoms. The van der Waals surface area contributed by atoms with Crippen molar-refractivity contribution in [3.05, 3.63) is 53.6 Å². The molecule has 1 heterocycles. The first-order chi connectivity index (χ1) is 13.1. The summed E-state index contributed by atoms with van der Waals surface area (Å²) in [6.45, 7) is 4.06. The maximum atomic E-state index is 12.1. The topological polar surface area (TPSA) is 81.9 Å². The summed E-state index contributed by atoms with van der Waals surface area (Å²) in [7, 11) is 1.61. The van der Waals surface area contributed by atoms with E-state index in [-0.39, 0.29) is 5.91 Å². The average Bonchev–Trinajstić information content (AvgIpc) is 3.10. The largest absolute Gasteiger partial charge is 0.497 e. The molecule has 0 aliphatic rings. The van der Waals surface area contributed by atoms with Crippen molar-refractivity contribution in [3.8, 4) is 11.4 Å². The normalized spacial score (nSPS) is 10.6. The molecule has 0 aliphatic heterocycles. The molecule has 0 unspecified atom stereocenters. The van der Waals surface area contributed by atoms with E-state index in [1.54, 1.807) is 11.8 Å². The molecule has 1 amide bonds. The molecular formula is C19H21N5O2S. The molecule has 0 fully saturated rings. The van der Waals surface area contributed by atoms with Crippen molar-refractivity contribution in [2.24, 2.45) is 0 Å². The number of nitrogens with one attached hydrogen (secondary N) is 1. The standard InChI is InChI=1S/C19H21N5O2S/c1-13-5-4-6-14(2)18(13)24-19(21-22-23-24)27-12-11-17(25)20-15-7-9-16(26-3)10-8-15/h4-10H,11-12H2,1-3H3,(H,20,25). The Morgan fingerprint density at radius 1 is 1.15 bits per heavy atom. The van der Waals surface area contributed by atoms with Gasteiger partial charge in [-0.25, -0.2) is 0 Å². The minimum Gasteiger partial charge on any atom is -0.497 e. The van der Waals surface area contributed by atoms with Crippen LogP contribution in [-0.4, -0.2) is 39.0 Å². The van der Waals surface area contributed by atoms with E-state index >= 15 is 0 Å². The van der Waals surface area contributed by atoms with E-state index in [0.717, 1.165) is 28.3 Å². The SMILES string of the molecule is COc1ccc(NC(=O)CCSc2nnnn2-c2c(C)cccc2C)cc1. The zero-order valence-electron chi connectivity index (χ0n) is 15.5. The van der Waals surface area contributed by atoms with Gasteiger partial charge in [-0.2, -0.15) is 4.68 Å². The van der Waals surface area contributed by atoms with Crippen molar-refractivity contribution < 1.29 is 9.53 Å². The Morgan fingerprint density at radius 2 is 1.85 bits per heavy atom. The van der Waals surface area contributed by atoms with Crippen LogP contribution in [0.4, 0.5) is 5.69 Å². The van der Waals surface area contributed by atoms with E-state index in [2.05, 4.69) is 20.8 Å². The lowest BCUT2D eigenvalue weighted by atomic mass is 10.1. The van der Waals surface area contributed by atoms with Gasteiger partial charge in [-0.3, -0.25) is 4.79 Å². The zero-order chi connectivity index (χ0) is 19.2. The molecule has 3 aromatic rings. The van der Waals surface area contributed by atoms with Crippen molar-refractivity contribution in [1.29, 1.82) is 0 Å². The lowest BCUT2D eigenvalue weighted by Gasteiger charge is -2.10. The smallest absolute Gasteiger partial charge is 0.225 e. The minimum atomic E-state index is -0.0567. The van der Waals surface area contributed by atoms with Gasteiger partial charge in [0.1, 0.15) is 5.75 Å². The van der Waals surface area contributed by atoms with Gasteiger partial charge in [-0.05, 0) is 59.7 Å². The van der Waals surface area contributed by atoms with Crippen LogP contribution >= 0.6 is 11.8 Å². The number of thioether (sulfide) groups is 1. The average molecular weight is 383 g/mol. The van der Waals surface area contributed by atoms with Crippen LogP contribution in [0.3, 0.4) is 0 Å².